The number of unbranched alkanes of at least 4 members (excludes halogenated alkanes) is 1. The Morgan fingerprint density at radius 1 is 1.15 bits per heavy atom. The maximum absolute atomic E-state index is 13.6. The summed E-state index contributed by atoms with van der Waals surface area (Å²) in [5.74, 6) is -1.06. The molecule has 7 heteroatoms. The lowest BCUT2D eigenvalue weighted by Crippen LogP contribution is -3.05. The summed E-state index contributed by atoms with van der Waals surface area (Å²) in [5, 5.41) is 13.6. The molecule has 2 heterocycles. The molecule has 0 radical (unpaired) electrons. The molecule has 7 nitrogen and oxygen atoms in total. The number of rotatable bonds is 10. The molecular weight excluding hydrogens is 418 g/mol. The van der Waals surface area contributed by atoms with Crippen molar-refractivity contribution in [3.8, 4) is 5.75 Å². The number of ketones is 1. The predicted molar refractivity (Wildman–Crippen MR) is 124 cm³/mol. The van der Waals surface area contributed by atoms with Gasteiger partial charge in [-0.3, -0.25) is 14.6 Å². The van der Waals surface area contributed by atoms with Crippen LogP contribution in [-0.4, -0.2) is 55.4 Å². The van der Waals surface area contributed by atoms with Crippen LogP contribution in [0.5, 0.6) is 5.75 Å². The Kier molecular flexibility index (Phi) is 8.22. The van der Waals surface area contributed by atoms with E-state index in [1.54, 1.807) is 36.7 Å². The first-order valence-electron chi connectivity index (χ1n) is 11.5. The summed E-state index contributed by atoms with van der Waals surface area (Å²) in [6.45, 7) is 5.78. The number of Topliss-reactive ketones (excluding diaryl/α,β-unsaturated/α-hetero) is 1. The zero-order valence-electron chi connectivity index (χ0n) is 19.9. The van der Waals surface area contributed by atoms with Crippen LogP contribution in [0, 0.1) is 6.92 Å². The van der Waals surface area contributed by atoms with E-state index in [9.17, 15) is 14.7 Å². The molecular formula is C26H33N3O4. The van der Waals surface area contributed by atoms with Crippen molar-refractivity contribution in [3.63, 3.8) is 0 Å². The number of aromatic nitrogens is 1. The van der Waals surface area contributed by atoms with Crippen molar-refractivity contribution in [2.24, 2.45) is 0 Å². The first kappa shape index (κ1) is 24.5. The van der Waals surface area contributed by atoms with E-state index >= 15 is 0 Å². The van der Waals surface area contributed by atoms with Gasteiger partial charge in [0.05, 0.1) is 33.3 Å². The van der Waals surface area contributed by atoms with E-state index in [0.29, 0.717) is 35.6 Å². The molecule has 0 aliphatic carbocycles. The Hall–Kier alpha value is -3.19. The predicted octanol–water partition coefficient (Wildman–Crippen LogP) is 1.33. The van der Waals surface area contributed by atoms with Crippen molar-refractivity contribution >= 4 is 17.4 Å². The third kappa shape index (κ3) is 5.60. The minimum atomic E-state index is -0.721. The van der Waals surface area contributed by atoms with Gasteiger partial charge in [-0.2, -0.15) is 0 Å². The number of likely N-dealkylation sites (tertiary alicyclic amines) is 1. The number of aryl methyl sites for hydroxylation is 1. The molecule has 3 rings (SSSR count). The van der Waals surface area contributed by atoms with Crippen LogP contribution in [0.1, 0.15) is 48.9 Å². The molecule has 1 aromatic carbocycles. The summed E-state index contributed by atoms with van der Waals surface area (Å²) >= 11 is 0. The van der Waals surface area contributed by atoms with E-state index in [2.05, 4.69) is 11.9 Å². The zero-order chi connectivity index (χ0) is 24.0. The van der Waals surface area contributed by atoms with E-state index in [4.69, 9.17) is 4.74 Å². The van der Waals surface area contributed by atoms with Gasteiger partial charge in [0.15, 0.2) is 0 Å². The number of quaternary nitrogens is 1. The van der Waals surface area contributed by atoms with Crippen molar-refractivity contribution in [1.82, 2.24) is 9.88 Å². The van der Waals surface area contributed by atoms with Crippen molar-refractivity contribution in [1.29, 1.82) is 0 Å². The highest BCUT2D eigenvalue weighted by atomic mass is 16.5. The van der Waals surface area contributed by atoms with Crippen LogP contribution < -0.4 is 14.7 Å². The molecule has 33 heavy (non-hydrogen) atoms. The molecule has 2 aromatic rings. The van der Waals surface area contributed by atoms with Gasteiger partial charge in [-0.1, -0.05) is 25.2 Å². The third-order valence-electron chi connectivity index (χ3n) is 5.84. The number of nitrogens with one attached hydrogen (secondary N) is 1. The van der Waals surface area contributed by atoms with Crippen LogP contribution in [0.3, 0.4) is 0 Å². The van der Waals surface area contributed by atoms with Crippen molar-refractivity contribution < 1.29 is 24.3 Å². The van der Waals surface area contributed by atoms with Crippen LogP contribution in [-0.2, 0) is 9.59 Å². The number of pyridine rings is 1. The van der Waals surface area contributed by atoms with E-state index in [-0.39, 0.29) is 5.57 Å². The number of amides is 1. The summed E-state index contributed by atoms with van der Waals surface area (Å²) < 4.78 is 5.74. The van der Waals surface area contributed by atoms with Gasteiger partial charge in [0.2, 0.25) is 5.78 Å². The van der Waals surface area contributed by atoms with Crippen LogP contribution in [0.25, 0.3) is 5.76 Å². The van der Waals surface area contributed by atoms with Crippen molar-refractivity contribution in [3.05, 3.63) is 65.0 Å². The Morgan fingerprint density at radius 3 is 2.52 bits per heavy atom. The molecule has 0 spiro atoms. The van der Waals surface area contributed by atoms with Gasteiger partial charge in [-0.05, 0) is 54.3 Å². The highest BCUT2D eigenvalue weighted by molar-refractivity contribution is 6.46. The zero-order valence-corrected chi connectivity index (χ0v) is 19.9. The average Bonchev–Trinajstić information content (AvgIpc) is 3.04. The minimum absolute atomic E-state index is 0.00570. The Balaban J connectivity index is 2.00. The minimum Gasteiger partial charge on any atom is -0.872 e. The SMILES string of the molecule is CCCCOc1ccc(/C([O-])=C2\C(=O)C(=O)N(CCC[NH+](C)C)C2c2ccncc2)c(C)c1. The molecule has 1 fully saturated rings. The largest absolute Gasteiger partial charge is 0.872 e. The van der Waals surface area contributed by atoms with Gasteiger partial charge in [0, 0.05) is 30.9 Å². The number of nitrogens with zero attached hydrogens (tertiary/aromatic N) is 2. The molecule has 1 N–H and O–H groups in total. The number of carbonyl (C=O) groups is 2. The highest BCUT2D eigenvalue weighted by Crippen LogP contribution is 2.39. The number of hydrogen-bond acceptors (Lipinski definition) is 5. The normalized spacial score (nSPS) is 17.7. The third-order valence-corrected chi connectivity index (χ3v) is 5.84. The van der Waals surface area contributed by atoms with Gasteiger partial charge in [0.1, 0.15) is 5.75 Å². The second-order valence-electron chi connectivity index (χ2n) is 8.74. The maximum Gasteiger partial charge on any atom is 0.295 e. The van der Waals surface area contributed by atoms with Gasteiger partial charge in [0.25, 0.3) is 5.91 Å². The molecule has 1 atom stereocenters. The summed E-state index contributed by atoms with van der Waals surface area (Å²) in [6.07, 6.45) is 5.94. The monoisotopic (exact) mass is 451 g/mol. The maximum atomic E-state index is 13.6. The fourth-order valence-corrected chi connectivity index (χ4v) is 4.06. The quantitative estimate of drug-likeness (QED) is 0.255. The van der Waals surface area contributed by atoms with Gasteiger partial charge < -0.3 is 19.6 Å². The topological polar surface area (TPSA) is 87.0 Å². The van der Waals surface area contributed by atoms with Crippen LogP contribution in [0.15, 0.2) is 48.3 Å². The first-order chi connectivity index (χ1) is 15.8. The van der Waals surface area contributed by atoms with Crippen LogP contribution in [0.4, 0.5) is 0 Å². The number of ether oxygens (including phenoxy) is 1. The Bertz CT molecular complexity index is 1020. The lowest BCUT2D eigenvalue weighted by Gasteiger charge is -2.28. The summed E-state index contributed by atoms with van der Waals surface area (Å²) in [5.41, 5.74) is 1.84. The summed E-state index contributed by atoms with van der Waals surface area (Å²) in [6, 6.07) is 8.04. The fraction of sp³-hybridized carbons (Fsp3) is 0.423. The van der Waals surface area contributed by atoms with E-state index in [1.165, 1.54) is 9.80 Å². The molecule has 0 bridgehead atoms. The molecule has 1 unspecified atom stereocenters. The standard InChI is InChI=1S/C26H33N3O4/c1-5-6-16-33-20-8-9-21(18(2)17-20)24(30)22-23(19-10-12-27-13-11-19)29(26(32)25(22)31)15-7-14-28(3)4/h8-13,17,23,30H,5-7,14-16H2,1-4H3/b24-22+. The fourth-order valence-electron chi connectivity index (χ4n) is 4.06. The molecule has 176 valence electrons. The number of hydrogen-bond donors (Lipinski definition) is 1. The average molecular weight is 452 g/mol. The smallest absolute Gasteiger partial charge is 0.295 e. The molecule has 1 aliphatic heterocycles. The van der Waals surface area contributed by atoms with Gasteiger partial charge in [-0.15, -0.1) is 0 Å². The summed E-state index contributed by atoms with van der Waals surface area (Å²) in [4.78, 5) is 32.9. The first-order valence-corrected chi connectivity index (χ1v) is 11.5. The van der Waals surface area contributed by atoms with Crippen LogP contribution in [0.2, 0.25) is 0 Å². The van der Waals surface area contributed by atoms with Gasteiger partial charge >= 0.3 is 0 Å². The van der Waals surface area contributed by atoms with Crippen LogP contribution >= 0.6 is 0 Å². The molecule has 1 aromatic heterocycles. The van der Waals surface area contributed by atoms with E-state index < -0.39 is 23.5 Å². The summed E-state index contributed by atoms with van der Waals surface area (Å²) in [7, 11) is 4.08. The Labute approximate surface area is 195 Å². The highest BCUT2D eigenvalue weighted by Gasteiger charge is 2.44. The number of carbonyl (C=O) groups excluding carboxylic acids is 2. The van der Waals surface area contributed by atoms with Gasteiger partial charge in [-0.25, -0.2) is 0 Å². The van der Waals surface area contributed by atoms with Crippen molar-refractivity contribution in [2.75, 3.05) is 33.8 Å². The van der Waals surface area contributed by atoms with E-state index in [0.717, 1.165) is 25.8 Å². The van der Waals surface area contributed by atoms with E-state index in [1.807, 2.05) is 27.1 Å². The molecule has 1 aliphatic rings. The molecule has 1 saturated heterocycles. The second kappa shape index (κ2) is 11.1. The second-order valence-corrected chi connectivity index (χ2v) is 8.74. The molecule has 0 saturated carbocycles. The van der Waals surface area contributed by atoms with Crippen molar-refractivity contribution in [2.45, 2.75) is 39.2 Å². The lowest BCUT2D eigenvalue weighted by atomic mass is 9.94. The molecule has 1 amide bonds. The Morgan fingerprint density at radius 2 is 1.88 bits per heavy atom. The lowest BCUT2D eigenvalue weighted by molar-refractivity contribution is -0.858. The number of benzene rings is 1.